The van der Waals surface area contributed by atoms with E-state index in [2.05, 4.69) is 10.3 Å². The molecule has 4 aromatic rings. The van der Waals surface area contributed by atoms with Gasteiger partial charge in [0.2, 0.25) is 0 Å². The second-order valence-electron chi connectivity index (χ2n) is 6.02. The van der Waals surface area contributed by atoms with Gasteiger partial charge in [0.1, 0.15) is 22.9 Å². The normalized spacial score (nSPS) is 10.8. The molecule has 2 aromatic carbocycles. The van der Waals surface area contributed by atoms with E-state index in [1.54, 1.807) is 53.1 Å². The third-order valence-electron chi connectivity index (χ3n) is 4.09. The molecule has 0 unspecified atom stereocenters. The maximum atomic E-state index is 13.7. The summed E-state index contributed by atoms with van der Waals surface area (Å²) in [5.41, 5.74) is 1.24. The van der Waals surface area contributed by atoms with Crippen molar-refractivity contribution in [1.82, 2.24) is 9.38 Å². The third kappa shape index (κ3) is 3.55. The molecule has 0 saturated carbocycles. The van der Waals surface area contributed by atoms with Crippen LogP contribution in [-0.4, -0.2) is 21.9 Å². The van der Waals surface area contributed by atoms with E-state index in [9.17, 15) is 13.6 Å². The summed E-state index contributed by atoms with van der Waals surface area (Å²) in [6.07, 6.45) is 1.72. The second-order valence-corrected chi connectivity index (χ2v) is 6.02. The Labute approximate surface area is 159 Å². The molecule has 28 heavy (non-hydrogen) atoms. The number of para-hydroxylation sites is 1. The van der Waals surface area contributed by atoms with Crippen LogP contribution in [0.25, 0.3) is 16.9 Å². The van der Waals surface area contributed by atoms with Crippen LogP contribution >= 0.6 is 0 Å². The Balaban J connectivity index is 1.65. The number of imidazole rings is 1. The zero-order valence-corrected chi connectivity index (χ0v) is 14.6. The maximum Gasteiger partial charge on any atom is 0.263 e. The Kier molecular flexibility index (Phi) is 4.72. The quantitative estimate of drug-likeness (QED) is 0.563. The van der Waals surface area contributed by atoms with Crippen molar-refractivity contribution in [2.75, 3.05) is 11.9 Å². The standard InChI is InChI=1S/C21H15F2N3O2/c22-16-10-9-14(12-17(16)23)20-21(26-11-5-4-8-18(26)24-20)25-19(27)13-28-15-6-2-1-3-7-15/h1-12H,13H2,(H,25,27). The average Bonchev–Trinajstić information content (AvgIpc) is 3.08. The molecule has 1 amide bonds. The number of nitrogens with one attached hydrogen (secondary N) is 1. The van der Waals surface area contributed by atoms with Crippen molar-refractivity contribution in [3.63, 3.8) is 0 Å². The van der Waals surface area contributed by atoms with Crippen LogP contribution < -0.4 is 10.1 Å². The lowest BCUT2D eigenvalue weighted by atomic mass is 10.1. The minimum Gasteiger partial charge on any atom is -0.484 e. The van der Waals surface area contributed by atoms with Crippen molar-refractivity contribution in [2.24, 2.45) is 0 Å². The predicted octanol–water partition coefficient (Wildman–Crippen LogP) is 4.30. The number of hydrogen-bond acceptors (Lipinski definition) is 3. The Morgan fingerprint density at radius 3 is 2.57 bits per heavy atom. The summed E-state index contributed by atoms with van der Waals surface area (Å²) < 4.78 is 34.1. The number of hydrogen-bond donors (Lipinski definition) is 1. The number of ether oxygens (including phenoxy) is 1. The number of rotatable bonds is 5. The van der Waals surface area contributed by atoms with Crippen LogP contribution in [0, 0.1) is 11.6 Å². The molecule has 0 fully saturated rings. The van der Waals surface area contributed by atoms with Gasteiger partial charge in [0, 0.05) is 11.8 Å². The number of carbonyl (C=O) groups excluding carboxylic acids is 1. The van der Waals surface area contributed by atoms with Gasteiger partial charge in [-0.05, 0) is 42.5 Å². The molecule has 0 bridgehead atoms. The number of benzene rings is 2. The van der Waals surface area contributed by atoms with Gasteiger partial charge in [-0.25, -0.2) is 13.8 Å². The highest BCUT2D eigenvalue weighted by atomic mass is 19.2. The molecule has 0 radical (unpaired) electrons. The summed E-state index contributed by atoms with van der Waals surface area (Å²) in [6.45, 7) is -0.207. The van der Waals surface area contributed by atoms with Crippen molar-refractivity contribution < 1.29 is 18.3 Å². The molecular weight excluding hydrogens is 364 g/mol. The van der Waals surface area contributed by atoms with Gasteiger partial charge in [0.25, 0.3) is 5.91 Å². The summed E-state index contributed by atoms with van der Waals surface area (Å²) in [4.78, 5) is 16.9. The Hall–Kier alpha value is -3.74. The summed E-state index contributed by atoms with van der Waals surface area (Å²) in [5, 5.41) is 2.76. The molecule has 140 valence electrons. The highest BCUT2D eigenvalue weighted by molar-refractivity contribution is 5.95. The number of halogens is 2. The first-order chi connectivity index (χ1) is 13.6. The Bertz CT molecular complexity index is 1140. The molecule has 2 aromatic heterocycles. The molecule has 0 atom stereocenters. The molecule has 0 aliphatic heterocycles. The zero-order chi connectivity index (χ0) is 19.5. The van der Waals surface area contributed by atoms with Gasteiger partial charge in [-0.15, -0.1) is 0 Å². The smallest absolute Gasteiger partial charge is 0.263 e. The molecule has 0 aliphatic carbocycles. The predicted molar refractivity (Wildman–Crippen MR) is 101 cm³/mol. The van der Waals surface area contributed by atoms with Crippen molar-refractivity contribution in [2.45, 2.75) is 0 Å². The number of amides is 1. The maximum absolute atomic E-state index is 13.7. The Morgan fingerprint density at radius 1 is 1.00 bits per heavy atom. The van der Waals surface area contributed by atoms with Crippen molar-refractivity contribution in [3.05, 3.63) is 84.6 Å². The highest BCUT2D eigenvalue weighted by Crippen LogP contribution is 2.29. The zero-order valence-electron chi connectivity index (χ0n) is 14.6. The number of carbonyl (C=O) groups is 1. The Morgan fingerprint density at radius 2 is 1.79 bits per heavy atom. The van der Waals surface area contributed by atoms with E-state index < -0.39 is 17.5 Å². The fourth-order valence-electron chi connectivity index (χ4n) is 2.79. The van der Waals surface area contributed by atoms with E-state index in [1.807, 2.05) is 6.07 Å². The molecular formula is C21H15F2N3O2. The summed E-state index contributed by atoms with van der Waals surface area (Å²) in [7, 11) is 0. The third-order valence-corrected chi connectivity index (χ3v) is 4.09. The molecule has 7 heteroatoms. The summed E-state index contributed by atoms with van der Waals surface area (Å²) in [6, 6.07) is 17.8. The topological polar surface area (TPSA) is 55.6 Å². The van der Waals surface area contributed by atoms with Crippen LogP contribution in [0.3, 0.4) is 0 Å². The lowest BCUT2D eigenvalue weighted by Gasteiger charge is -2.09. The van der Waals surface area contributed by atoms with Crippen LogP contribution in [0.5, 0.6) is 5.75 Å². The molecule has 0 saturated heterocycles. The fourth-order valence-corrected chi connectivity index (χ4v) is 2.79. The minimum atomic E-state index is -0.987. The lowest BCUT2D eigenvalue weighted by Crippen LogP contribution is -2.21. The summed E-state index contributed by atoms with van der Waals surface area (Å²) in [5.74, 6) is -1.42. The van der Waals surface area contributed by atoms with Gasteiger partial charge < -0.3 is 10.1 Å². The first kappa shape index (κ1) is 17.7. The minimum absolute atomic E-state index is 0.207. The van der Waals surface area contributed by atoms with Crippen LogP contribution in [0.2, 0.25) is 0 Å². The van der Waals surface area contributed by atoms with Crippen molar-refractivity contribution in [3.8, 4) is 17.0 Å². The molecule has 1 N–H and O–H groups in total. The van der Waals surface area contributed by atoms with Crippen molar-refractivity contribution >= 4 is 17.4 Å². The second kappa shape index (κ2) is 7.48. The number of anilines is 1. The van der Waals surface area contributed by atoms with Crippen LogP contribution in [-0.2, 0) is 4.79 Å². The van der Waals surface area contributed by atoms with E-state index in [1.165, 1.54) is 6.07 Å². The van der Waals surface area contributed by atoms with Gasteiger partial charge in [-0.3, -0.25) is 9.20 Å². The number of aromatic nitrogens is 2. The molecule has 5 nitrogen and oxygen atoms in total. The summed E-state index contributed by atoms with van der Waals surface area (Å²) >= 11 is 0. The number of pyridine rings is 1. The van der Waals surface area contributed by atoms with Crippen LogP contribution in [0.15, 0.2) is 72.9 Å². The van der Waals surface area contributed by atoms with Crippen LogP contribution in [0.1, 0.15) is 0 Å². The number of fused-ring (bicyclic) bond motifs is 1. The average molecular weight is 379 g/mol. The first-order valence-electron chi connectivity index (χ1n) is 8.52. The van der Waals surface area contributed by atoms with Crippen molar-refractivity contribution in [1.29, 1.82) is 0 Å². The largest absolute Gasteiger partial charge is 0.484 e. The van der Waals surface area contributed by atoms with Gasteiger partial charge in [0.05, 0.1) is 0 Å². The molecule has 0 aliphatic rings. The molecule has 2 heterocycles. The molecule has 0 spiro atoms. The highest BCUT2D eigenvalue weighted by Gasteiger charge is 2.18. The van der Waals surface area contributed by atoms with Gasteiger partial charge in [-0.1, -0.05) is 24.3 Å². The van der Waals surface area contributed by atoms with E-state index in [-0.39, 0.29) is 6.61 Å². The molecule has 4 rings (SSSR count). The monoisotopic (exact) mass is 379 g/mol. The first-order valence-corrected chi connectivity index (χ1v) is 8.52. The van der Waals surface area contributed by atoms with E-state index in [0.29, 0.717) is 28.5 Å². The van der Waals surface area contributed by atoms with E-state index in [4.69, 9.17) is 4.74 Å². The van der Waals surface area contributed by atoms with E-state index in [0.717, 1.165) is 12.1 Å². The van der Waals surface area contributed by atoms with E-state index >= 15 is 0 Å². The van der Waals surface area contributed by atoms with Crippen LogP contribution in [0.4, 0.5) is 14.6 Å². The number of nitrogens with zero attached hydrogens (tertiary/aromatic N) is 2. The lowest BCUT2D eigenvalue weighted by molar-refractivity contribution is -0.118. The van der Waals surface area contributed by atoms with Gasteiger partial charge in [0.15, 0.2) is 18.2 Å². The fraction of sp³-hybridized carbons (Fsp3) is 0.0476. The van der Waals surface area contributed by atoms with Gasteiger partial charge >= 0.3 is 0 Å². The van der Waals surface area contributed by atoms with Gasteiger partial charge in [-0.2, -0.15) is 0 Å². The SMILES string of the molecule is O=C(COc1ccccc1)Nc1c(-c2ccc(F)c(F)c2)nc2ccccn12.